The largest absolute Gasteiger partial charge is 0.481 e. The first kappa shape index (κ1) is 25.1. The number of pyridine rings is 3. The van der Waals surface area contributed by atoms with Crippen LogP contribution in [0.1, 0.15) is 31.4 Å². The fraction of sp³-hybridized carbons (Fsp3) is 0.375. The Bertz CT molecular complexity index is 1240. The Kier molecular flexibility index (Phi) is 8.08. The van der Waals surface area contributed by atoms with Crippen molar-refractivity contribution in [3.8, 4) is 11.6 Å². The Balaban J connectivity index is 0.000000174. The summed E-state index contributed by atoms with van der Waals surface area (Å²) in [6, 6.07) is 6.87. The van der Waals surface area contributed by atoms with Crippen LogP contribution in [0.25, 0.3) is 11.0 Å². The number of amides is 2. The summed E-state index contributed by atoms with van der Waals surface area (Å²) in [6.45, 7) is 0.616. The highest BCUT2D eigenvalue weighted by Gasteiger charge is 2.23. The molecule has 0 unspecified atom stereocenters. The van der Waals surface area contributed by atoms with Crippen LogP contribution in [0, 0.1) is 0 Å². The molecule has 4 heterocycles. The summed E-state index contributed by atoms with van der Waals surface area (Å²) in [5.74, 6) is 0.866. The lowest BCUT2D eigenvalue weighted by molar-refractivity contribution is -0.118. The van der Waals surface area contributed by atoms with Crippen LogP contribution < -0.4 is 25.4 Å². The number of anilines is 2. The molecule has 3 aromatic heterocycles. The number of hydrogen-bond acceptors (Lipinski definition) is 9. The highest BCUT2D eigenvalue weighted by atomic mass is 16.5. The second-order valence-corrected chi connectivity index (χ2v) is 8.36. The Morgan fingerprint density at radius 2 is 2.08 bits per heavy atom. The van der Waals surface area contributed by atoms with Gasteiger partial charge in [-0.1, -0.05) is 12.8 Å². The number of nitrogens with zero attached hydrogens (tertiary/aromatic N) is 3. The minimum atomic E-state index is -1.14. The minimum Gasteiger partial charge on any atom is -0.481 e. The number of ether oxygens (including phenoxy) is 2. The SMILES string of the molecule is COc1ccc2nccc(NC(=O)O)c2n1.O=C1COc2cnc(CN[C@@H]3CCCC[C@H]3O)cc2N1. The van der Waals surface area contributed by atoms with Crippen molar-refractivity contribution >= 4 is 34.4 Å². The predicted molar refractivity (Wildman–Crippen MR) is 131 cm³/mol. The average molecular weight is 497 g/mol. The fourth-order valence-electron chi connectivity index (χ4n) is 4.05. The summed E-state index contributed by atoms with van der Waals surface area (Å²) < 4.78 is 10.2. The van der Waals surface area contributed by atoms with Gasteiger partial charge in [0.05, 0.1) is 42.0 Å². The number of aliphatic hydroxyl groups excluding tert-OH is 1. The summed E-state index contributed by atoms with van der Waals surface area (Å²) in [4.78, 5) is 34.4. The highest BCUT2D eigenvalue weighted by molar-refractivity contribution is 5.96. The summed E-state index contributed by atoms with van der Waals surface area (Å²) in [5, 5.41) is 26.9. The topological polar surface area (TPSA) is 168 Å². The van der Waals surface area contributed by atoms with Gasteiger partial charge in [0.15, 0.2) is 12.4 Å². The summed E-state index contributed by atoms with van der Waals surface area (Å²) in [5.41, 5.74) is 2.94. The molecule has 36 heavy (non-hydrogen) atoms. The molecule has 3 aromatic rings. The van der Waals surface area contributed by atoms with Crippen LogP contribution >= 0.6 is 0 Å². The molecule has 2 aliphatic rings. The molecule has 0 radical (unpaired) electrons. The van der Waals surface area contributed by atoms with E-state index in [1.54, 1.807) is 24.4 Å². The zero-order chi connectivity index (χ0) is 25.5. The zero-order valence-corrected chi connectivity index (χ0v) is 19.7. The number of nitrogens with one attached hydrogen (secondary N) is 3. The van der Waals surface area contributed by atoms with Gasteiger partial charge in [0, 0.05) is 24.8 Å². The van der Waals surface area contributed by atoms with Gasteiger partial charge in [-0.05, 0) is 31.0 Å². The highest BCUT2D eigenvalue weighted by Crippen LogP contribution is 2.27. The molecule has 12 heteroatoms. The molecule has 0 saturated heterocycles. The lowest BCUT2D eigenvalue weighted by atomic mass is 9.92. The first-order valence-electron chi connectivity index (χ1n) is 11.6. The summed E-state index contributed by atoms with van der Waals surface area (Å²) in [7, 11) is 1.49. The van der Waals surface area contributed by atoms with E-state index >= 15 is 0 Å². The zero-order valence-electron chi connectivity index (χ0n) is 19.7. The Morgan fingerprint density at radius 1 is 1.25 bits per heavy atom. The molecule has 1 fully saturated rings. The number of fused-ring (bicyclic) bond motifs is 2. The molecule has 0 bridgehead atoms. The standard InChI is InChI=1S/C14H19N3O3.C10H9N3O3/c18-12-4-2-1-3-10(12)16-6-9-5-11-13(7-15-9)20-8-14(19)17-11;1-16-8-3-2-6-9(13-8)7(4-5-11-6)12-10(14)15/h5,7,10,12,16,18H,1-4,6,8H2,(H,17,19);2-5H,1H3,(H,11,12)(H,14,15)/t10-,12-;/m1./s1. The van der Waals surface area contributed by atoms with Gasteiger partial charge < -0.3 is 30.3 Å². The van der Waals surface area contributed by atoms with E-state index in [1.165, 1.54) is 13.3 Å². The molecule has 12 nitrogen and oxygen atoms in total. The number of carbonyl (C=O) groups is 2. The van der Waals surface area contributed by atoms with Crippen LogP contribution in [0.2, 0.25) is 0 Å². The molecular weight excluding hydrogens is 468 g/mol. The number of hydrogen-bond donors (Lipinski definition) is 5. The first-order chi connectivity index (χ1) is 17.4. The van der Waals surface area contributed by atoms with E-state index in [4.69, 9.17) is 14.6 Å². The lowest BCUT2D eigenvalue weighted by Crippen LogP contribution is -2.41. The number of methoxy groups -OCH3 is 1. The number of carbonyl (C=O) groups excluding carboxylic acids is 1. The Hall–Kier alpha value is -4.03. The van der Waals surface area contributed by atoms with Crippen LogP contribution in [0.3, 0.4) is 0 Å². The van der Waals surface area contributed by atoms with Gasteiger partial charge in [0.2, 0.25) is 5.88 Å². The van der Waals surface area contributed by atoms with Crippen LogP contribution in [-0.4, -0.2) is 63.0 Å². The number of rotatable bonds is 5. The van der Waals surface area contributed by atoms with Crippen molar-refractivity contribution in [3.05, 3.63) is 42.4 Å². The van der Waals surface area contributed by atoms with Crippen molar-refractivity contribution in [3.63, 3.8) is 0 Å². The molecule has 1 saturated carbocycles. The van der Waals surface area contributed by atoms with E-state index in [9.17, 15) is 14.7 Å². The van der Waals surface area contributed by atoms with Crippen molar-refractivity contribution in [1.82, 2.24) is 20.3 Å². The van der Waals surface area contributed by atoms with Gasteiger partial charge in [-0.3, -0.25) is 20.1 Å². The lowest BCUT2D eigenvalue weighted by Gasteiger charge is -2.28. The van der Waals surface area contributed by atoms with Crippen LogP contribution in [0.4, 0.5) is 16.2 Å². The summed E-state index contributed by atoms with van der Waals surface area (Å²) in [6.07, 6.45) is 5.83. The second-order valence-electron chi connectivity index (χ2n) is 8.36. The molecular formula is C24H28N6O6. The minimum absolute atomic E-state index is 0.0422. The summed E-state index contributed by atoms with van der Waals surface area (Å²) >= 11 is 0. The smallest absolute Gasteiger partial charge is 0.409 e. The van der Waals surface area contributed by atoms with E-state index in [0.29, 0.717) is 40.6 Å². The quantitative estimate of drug-likeness (QED) is 0.354. The molecule has 1 aliphatic carbocycles. The van der Waals surface area contributed by atoms with E-state index < -0.39 is 6.09 Å². The van der Waals surface area contributed by atoms with E-state index in [2.05, 4.69) is 30.9 Å². The van der Waals surface area contributed by atoms with Crippen LogP contribution in [0.5, 0.6) is 11.6 Å². The maximum absolute atomic E-state index is 11.3. The number of aliphatic hydroxyl groups is 1. The molecule has 5 N–H and O–H groups in total. The third kappa shape index (κ3) is 6.34. The Morgan fingerprint density at radius 3 is 2.86 bits per heavy atom. The second kappa shape index (κ2) is 11.6. The number of aromatic nitrogens is 3. The van der Waals surface area contributed by atoms with E-state index in [1.807, 2.05) is 6.07 Å². The van der Waals surface area contributed by atoms with Crippen molar-refractivity contribution in [2.24, 2.45) is 0 Å². The molecule has 2 amide bonds. The monoisotopic (exact) mass is 496 g/mol. The Labute approximate surface area is 207 Å². The third-order valence-electron chi connectivity index (χ3n) is 5.84. The van der Waals surface area contributed by atoms with Gasteiger partial charge >= 0.3 is 6.09 Å². The van der Waals surface area contributed by atoms with Gasteiger partial charge in [-0.2, -0.15) is 0 Å². The first-order valence-corrected chi connectivity index (χ1v) is 11.6. The number of carboxylic acid groups (broad SMARTS) is 1. The molecule has 1 aliphatic heterocycles. The van der Waals surface area contributed by atoms with E-state index in [-0.39, 0.29) is 24.7 Å². The molecule has 0 aromatic carbocycles. The van der Waals surface area contributed by atoms with Crippen molar-refractivity contribution < 1.29 is 29.3 Å². The fourth-order valence-corrected chi connectivity index (χ4v) is 4.05. The third-order valence-corrected chi connectivity index (χ3v) is 5.84. The maximum atomic E-state index is 11.3. The van der Waals surface area contributed by atoms with Gasteiger partial charge in [0.25, 0.3) is 5.91 Å². The molecule has 0 spiro atoms. The normalized spacial score (nSPS) is 18.7. The molecule has 2 atom stereocenters. The van der Waals surface area contributed by atoms with Gasteiger partial charge in [-0.15, -0.1) is 0 Å². The van der Waals surface area contributed by atoms with Gasteiger partial charge in [-0.25, -0.2) is 9.78 Å². The predicted octanol–water partition coefficient (Wildman–Crippen LogP) is 2.53. The van der Waals surface area contributed by atoms with Crippen molar-refractivity contribution in [1.29, 1.82) is 0 Å². The molecule has 5 rings (SSSR count). The van der Waals surface area contributed by atoms with Gasteiger partial charge in [0.1, 0.15) is 5.52 Å². The molecule has 190 valence electrons. The van der Waals surface area contributed by atoms with E-state index in [0.717, 1.165) is 31.4 Å². The van der Waals surface area contributed by atoms with Crippen LogP contribution in [0.15, 0.2) is 36.7 Å². The average Bonchev–Trinajstić information content (AvgIpc) is 2.88. The maximum Gasteiger partial charge on any atom is 0.409 e. The van der Waals surface area contributed by atoms with Crippen LogP contribution in [-0.2, 0) is 11.3 Å². The van der Waals surface area contributed by atoms with Crippen molar-refractivity contribution in [2.75, 3.05) is 24.4 Å². The van der Waals surface area contributed by atoms with Crippen molar-refractivity contribution in [2.45, 2.75) is 44.4 Å².